The molecule has 15 heavy (non-hydrogen) atoms. The fourth-order valence-corrected chi connectivity index (χ4v) is 1.23. The Morgan fingerprint density at radius 2 is 2.00 bits per heavy atom. The lowest BCUT2D eigenvalue weighted by Gasteiger charge is -2.10. The second kappa shape index (κ2) is 4.10. The van der Waals surface area contributed by atoms with Crippen LogP contribution < -0.4 is 5.73 Å². The highest BCUT2D eigenvalue weighted by Gasteiger charge is 2.20. The number of phenols is 1. The zero-order valence-corrected chi connectivity index (χ0v) is 8.02. The Kier molecular flexibility index (Phi) is 3.06. The quantitative estimate of drug-likeness (QED) is 0.704. The molecular formula is C10H10NO4. The van der Waals surface area contributed by atoms with Crippen LogP contribution in [-0.2, 0) is 4.79 Å². The summed E-state index contributed by atoms with van der Waals surface area (Å²) in [6.45, 7) is 1.25. The second-order valence-corrected chi connectivity index (χ2v) is 3.09. The van der Waals surface area contributed by atoms with Gasteiger partial charge >= 0.3 is 0 Å². The highest BCUT2D eigenvalue weighted by Crippen LogP contribution is 2.23. The molecule has 1 rings (SSSR count). The third-order valence-corrected chi connectivity index (χ3v) is 1.96. The van der Waals surface area contributed by atoms with E-state index in [2.05, 4.69) is 0 Å². The number of Topliss-reactive ketones (excluding diaryl/α,β-unsaturated/α-hetero) is 1. The van der Waals surface area contributed by atoms with E-state index in [0.29, 0.717) is 0 Å². The number of aliphatic hydroxyl groups excluding tert-OH is 1. The maximum absolute atomic E-state index is 11.2. The van der Waals surface area contributed by atoms with Gasteiger partial charge in [0.2, 0.25) is 0 Å². The van der Waals surface area contributed by atoms with Crippen LogP contribution in [0.5, 0.6) is 5.75 Å². The number of benzene rings is 1. The molecule has 5 heteroatoms. The molecule has 79 valence electrons. The van der Waals surface area contributed by atoms with Gasteiger partial charge < -0.3 is 10.2 Å². The highest BCUT2D eigenvalue weighted by atomic mass is 16.3. The molecular weight excluding hydrogens is 198 g/mol. The van der Waals surface area contributed by atoms with Crippen LogP contribution in [0.15, 0.2) is 18.2 Å². The predicted molar refractivity (Wildman–Crippen MR) is 51.2 cm³/mol. The molecule has 0 bridgehead atoms. The number of ketones is 1. The largest absolute Gasteiger partial charge is 0.508 e. The summed E-state index contributed by atoms with van der Waals surface area (Å²) < 4.78 is 0. The van der Waals surface area contributed by atoms with Gasteiger partial charge in [-0.15, -0.1) is 0 Å². The fraction of sp³-hybridized carbons (Fsp3) is 0.200. The maximum atomic E-state index is 11.2. The Bertz CT molecular complexity index is 414. The summed E-state index contributed by atoms with van der Waals surface area (Å²) in [6.07, 6.45) is -1.65. The van der Waals surface area contributed by atoms with Crippen molar-refractivity contribution in [2.24, 2.45) is 0 Å². The lowest BCUT2D eigenvalue weighted by molar-refractivity contribution is -0.126. The number of phenolic OH excluding ortho intramolecular Hbond substituents is 1. The zero-order chi connectivity index (χ0) is 11.6. The minimum absolute atomic E-state index is 0.0419. The van der Waals surface area contributed by atoms with Crippen LogP contribution in [0.3, 0.4) is 0 Å². The molecule has 0 aliphatic carbocycles. The van der Waals surface area contributed by atoms with Gasteiger partial charge in [-0.3, -0.25) is 15.3 Å². The van der Waals surface area contributed by atoms with Crippen LogP contribution in [0.2, 0.25) is 0 Å². The topological polar surface area (TPSA) is 98.4 Å². The molecule has 1 radical (unpaired) electrons. The molecule has 0 saturated carbocycles. The molecule has 0 aromatic heterocycles. The van der Waals surface area contributed by atoms with Gasteiger partial charge in [0, 0.05) is 11.1 Å². The first-order valence-electron chi connectivity index (χ1n) is 4.21. The predicted octanol–water partition coefficient (Wildman–Crippen LogP) is 0.438. The number of rotatable bonds is 3. The van der Waals surface area contributed by atoms with E-state index >= 15 is 0 Å². The summed E-state index contributed by atoms with van der Waals surface area (Å²) in [7, 11) is 0. The maximum Gasteiger partial charge on any atom is 0.271 e. The summed E-state index contributed by atoms with van der Waals surface area (Å²) in [4.78, 5) is 21.8. The Balaban J connectivity index is 3.28. The van der Waals surface area contributed by atoms with E-state index in [4.69, 9.17) is 10.8 Å². The van der Waals surface area contributed by atoms with Crippen molar-refractivity contribution >= 4 is 11.7 Å². The summed E-state index contributed by atoms with van der Waals surface area (Å²) in [5.41, 5.74) is 6.84. The van der Waals surface area contributed by atoms with Crippen LogP contribution >= 0.6 is 0 Å². The van der Waals surface area contributed by atoms with Crippen molar-refractivity contribution in [2.75, 3.05) is 0 Å². The average Bonchev–Trinajstić information content (AvgIpc) is 2.16. The summed E-state index contributed by atoms with van der Waals surface area (Å²) in [5, 5.41) is 18.5. The van der Waals surface area contributed by atoms with Crippen LogP contribution in [0.4, 0.5) is 0 Å². The Labute approximate surface area is 86.1 Å². The summed E-state index contributed by atoms with van der Waals surface area (Å²) >= 11 is 0. The van der Waals surface area contributed by atoms with Crippen molar-refractivity contribution in [1.29, 1.82) is 0 Å². The lowest BCUT2D eigenvalue weighted by Crippen LogP contribution is -2.15. The number of carbonyl (C=O) groups excluding carboxylic acids is 2. The smallest absolute Gasteiger partial charge is 0.271 e. The van der Waals surface area contributed by atoms with Gasteiger partial charge in [-0.1, -0.05) is 6.07 Å². The average molecular weight is 208 g/mol. The van der Waals surface area contributed by atoms with Crippen LogP contribution in [0.1, 0.15) is 28.9 Å². The van der Waals surface area contributed by atoms with Gasteiger partial charge in [0.25, 0.3) is 5.91 Å². The van der Waals surface area contributed by atoms with Gasteiger partial charge in [0.05, 0.1) is 0 Å². The van der Waals surface area contributed by atoms with Crippen LogP contribution in [0, 0.1) is 0 Å². The number of aliphatic hydroxyl groups is 1. The van der Waals surface area contributed by atoms with E-state index in [-0.39, 0.29) is 22.7 Å². The Morgan fingerprint density at radius 1 is 1.40 bits per heavy atom. The Hall–Kier alpha value is -1.88. The van der Waals surface area contributed by atoms with Crippen molar-refractivity contribution in [2.45, 2.75) is 13.0 Å². The molecule has 1 atom stereocenters. The molecule has 3 N–H and O–H groups in total. The molecule has 0 fully saturated rings. The first-order chi connectivity index (χ1) is 6.93. The van der Waals surface area contributed by atoms with Gasteiger partial charge in [0.1, 0.15) is 5.75 Å². The van der Waals surface area contributed by atoms with Crippen molar-refractivity contribution in [1.82, 2.24) is 5.73 Å². The molecule has 0 aliphatic heterocycles. The fourth-order valence-electron chi connectivity index (χ4n) is 1.23. The van der Waals surface area contributed by atoms with Crippen LogP contribution in [-0.4, -0.2) is 21.9 Å². The van der Waals surface area contributed by atoms with Crippen LogP contribution in [0.25, 0.3) is 0 Å². The van der Waals surface area contributed by atoms with E-state index < -0.39 is 12.0 Å². The number of hydrogen-bond donors (Lipinski definition) is 2. The van der Waals surface area contributed by atoms with Gasteiger partial charge in [0.15, 0.2) is 11.9 Å². The monoisotopic (exact) mass is 208 g/mol. The number of aromatic hydroxyl groups is 1. The SMILES string of the molecule is CC(=O)c1cc(O)ccc1C(O)C([NH])=O. The molecule has 1 aromatic rings. The molecule has 0 saturated heterocycles. The molecule has 0 aliphatic rings. The second-order valence-electron chi connectivity index (χ2n) is 3.09. The highest BCUT2D eigenvalue weighted by molar-refractivity contribution is 5.97. The summed E-state index contributed by atoms with van der Waals surface area (Å²) in [5.74, 6) is -1.71. The molecule has 0 heterocycles. The first-order valence-corrected chi connectivity index (χ1v) is 4.21. The minimum atomic E-state index is -1.65. The van der Waals surface area contributed by atoms with Gasteiger partial charge in [-0.2, -0.15) is 0 Å². The van der Waals surface area contributed by atoms with Gasteiger partial charge in [-0.25, -0.2) is 0 Å². The van der Waals surface area contributed by atoms with Crippen molar-refractivity contribution in [3.63, 3.8) is 0 Å². The number of nitrogens with one attached hydrogen (secondary N) is 1. The van der Waals surface area contributed by atoms with E-state index in [1.165, 1.54) is 19.1 Å². The third-order valence-electron chi connectivity index (χ3n) is 1.96. The van der Waals surface area contributed by atoms with E-state index in [9.17, 15) is 14.7 Å². The summed E-state index contributed by atoms with van der Waals surface area (Å²) in [6, 6.07) is 3.65. The molecule has 0 spiro atoms. The number of carbonyl (C=O) groups is 2. The number of hydrogen-bond acceptors (Lipinski definition) is 4. The van der Waals surface area contributed by atoms with E-state index in [1.807, 2.05) is 0 Å². The standard InChI is InChI=1S/C10H10NO4/c1-5(12)8-4-6(13)2-3-7(8)9(14)10(11)15/h2-4,9,11,13-14H,1H3. The molecule has 1 amide bonds. The lowest BCUT2D eigenvalue weighted by atomic mass is 9.99. The Morgan fingerprint density at radius 3 is 2.47 bits per heavy atom. The third kappa shape index (κ3) is 2.32. The van der Waals surface area contributed by atoms with Crippen molar-refractivity contribution < 1.29 is 19.8 Å². The molecule has 5 nitrogen and oxygen atoms in total. The molecule has 1 aromatic carbocycles. The zero-order valence-electron chi connectivity index (χ0n) is 8.02. The first kappa shape index (κ1) is 11.2. The van der Waals surface area contributed by atoms with Crippen molar-refractivity contribution in [3.8, 4) is 5.75 Å². The van der Waals surface area contributed by atoms with E-state index in [0.717, 1.165) is 6.07 Å². The normalized spacial score (nSPS) is 12.1. The minimum Gasteiger partial charge on any atom is -0.508 e. The molecule has 1 unspecified atom stereocenters. The number of amides is 1. The van der Waals surface area contributed by atoms with E-state index in [1.54, 1.807) is 0 Å². The van der Waals surface area contributed by atoms with Crippen molar-refractivity contribution in [3.05, 3.63) is 29.3 Å². The van der Waals surface area contributed by atoms with Gasteiger partial charge in [-0.05, 0) is 19.1 Å².